The highest BCUT2D eigenvalue weighted by Gasteiger charge is 2.09. The second-order valence-electron chi connectivity index (χ2n) is 5.11. The van der Waals surface area contributed by atoms with Gasteiger partial charge in [-0.1, -0.05) is 26.0 Å². The molecule has 0 saturated carbocycles. The fourth-order valence-electron chi connectivity index (χ4n) is 2.20. The number of hydrogen-bond acceptors (Lipinski definition) is 3. The second-order valence-corrected chi connectivity index (χ2v) is 5.11. The van der Waals surface area contributed by atoms with E-state index in [0.717, 1.165) is 23.4 Å². The van der Waals surface area contributed by atoms with Gasteiger partial charge in [0.2, 0.25) is 0 Å². The Morgan fingerprint density at radius 1 is 1.16 bits per heavy atom. The number of para-hydroxylation sites is 2. The zero-order valence-corrected chi connectivity index (χ0v) is 11.2. The highest BCUT2D eigenvalue weighted by Crippen LogP contribution is 2.13. The molecule has 0 fully saturated rings. The Kier molecular flexibility index (Phi) is 3.03. The van der Waals surface area contributed by atoms with Gasteiger partial charge < -0.3 is 4.57 Å². The van der Waals surface area contributed by atoms with Gasteiger partial charge >= 0.3 is 0 Å². The lowest BCUT2D eigenvalue weighted by Crippen LogP contribution is -2.12. The zero-order chi connectivity index (χ0) is 13.2. The summed E-state index contributed by atoms with van der Waals surface area (Å²) >= 11 is 0. The van der Waals surface area contributed by atoms with Crippen LogP contribution in [0.5, 0.6) is 0 Å². The molecular formula is C14H17N5. The maximum Gasteiger partial charge on any atom is 0.146 e. The predicted molar refractivity (Wildman–Crippen MR) is 73.7 cm³/mol. The van der Waals surface area contributed by atoms with Gasteiger partial charge in [0.15, 0.2) is 0 Å². The van der Waals surface area contributed by atoms with E-state index >= 15 is 0 Å². The third kappa shape index (κ3) is 2.36. The molecule has 3 aromatic rings. The van der Waals surface area contributed by atoms with Crippen LogP contribution in [0.1, 0.15) is 19.7 Å². The standard InChI is InChI=1S/C14H17N5/c1-11(2)7-19-14(15-9-17-19)8-18-10-16-12-5-3-4-6-13(12)18/h3-6,9-11H,7-8H2,1-2H3. The summed E-state index contributed by atoms with van der Waals surface area (Å²) in [6.07, 6.45) is 3.48. The van der Waals surface area contributed by atoms with E-state index in [4.69, 9.17) is 0 Å². The molecule has 19 heavy (non-hydrogen) atoms. The molecule has 0 atom stereocenters. The van der Waals surface area contributed by atoms with Crippen LogP contribution in [0.25, 0.3) is 11.0 Å². The predicted octanol–water partition coefficient (Wildman–Crippen LogP) is 2.33. The molecule has 0 spiro atoms. The van der Waals surface area contributed by atoms with Crippen LogP contribution in [0.2, 0.25) is 0 Å². The van der Waals surface area contributed by atoms with Gasteiger partial charge in [-0.15, -0.1) is 0 Å². The molecule has 0 aliphatic rings. The van der Waals surface area contributed by atoms with Crippen LogP contribution < -0.4 is 0 Å². The van der Waals surface area contributed by atoms with Crippen molar-refractivity contribution in [3.05, 3.63) is 42.7 Å². The van der Waals surface area contributed by atoms with Gasteiger partial charge in [-0.05, 0) is 18.1 Å². The van der Waals surface area contributed by atoms with Gasteiger partial charge in [0.25, 0.3) is 0 Å². The molecule has 0 aliphatic heterocycles. The molecule has 2 aromatic heterocycles. The normalized spacial score (nSPS) is 11.5. The molecule has 0 amide bonds. The summed E-state index contributed by atoms with van der Waals surface area (Å²) < 4.78 is 4.08. The molecule has 5 nitrogen and oxygen atoms in total. The van der Waals surface area contributed by atoms with Gasteiger partial charge in [-0.2, -0.15) is 5.10 Å². The zero-order valence-electron chi connectivity index (χ0n) is 11.2. The number of rotatable bonds is 4. The van der Waals surface area contributed by atoms with E-state index in [-0.39, 0.29) is 0 Å². The van der Waals surface area contributed by atoms with Crippen LogP contribution in [0.4, 0.5) is 0 Å². The number of fused-ring (bicyclic) bond motifs is 1. The summed E-state index contributed by atoms with van der Waals surface area (Å²) in [5.74, 6) is 1.52. The first-order valence-electron chi connectivity index (χ1n) is 6.50. The fourth-order valence-corrected chi connectivity index (χ4v) is 2.20. The van der Waals surface area contributed by atoms with E-state index in [9.17, 15) is 0 Å². The number of benzene rings is 1. The average molecular weight is 255 g/mol. The van der Waals surface area contributed by atoms with E-state index in [1.807, 2.05) is 29.2 Å². The summed E-state index contributed by atoms with van der Waals surface area (Å²) in [5.41, 5.74) is 2.14. The van der Waals surface area contributed by atoms with E-state index in [0.29, 0.717) is 12.5 Å². The van der Waals surface area contributed by atoms with Gasteiger partial charge in [-0.3, -0.25) is 0 Å². The molecule has 0 bridgehead atoms. The van der Waals surface area contributed by atoms with E-state index < -0.39 is 0 Å². The van der Waals surface area contributed by atoms with E-state index in [1.54, 1.807) is 6.33 Å². The maximum absolute atomic E-state index is 4.40. The Morgan fingerprint density at radius 2 is 2.00 bits per heavy atom. The minimum Gasteiger partial charge on any atom is -0.323 e. The highest BCUT2D eigenvalue weighted by atomic mass is 15.3. The Labute approximate surface area is 111 Å². The van der Waals surface area contributed by atoms with Crippen molar-refractivity contribution in [1.82, 2.24) is 24.3 Å². The Hall–Kier alpha value is -2.17. The molecule has 0 radical (unpaired) electrons. The summed E-state index contributed by atoms with van der Waals surface area (Å²) in [4.78, 5) is 8.75. The van der Waals surface area contributed by atoms with Crippen molar-refractivity contribution >= 4 is 11.0 Å². The van der Waals surface area contributed by atoms with Crippen molar-refractivity contribution in [3.8, 4) is 0 Å². The number of nitrogens with zero attached hydrogens (tertiary/aromatic N) is 5. The van der Waals surface area contributed by atoms with Crippen LogP contribution in [0.15, 0.2) is 36.9 Å². The smallest absolute Gasteiger partial charge is 0.146 e. The Morgan fingerprint density at radius 3 is 2.84 bits per heavy atom. The van der Waals surface area contributed by atoms with Crippen LogP contribution >= 0.6 is 0 Å². The minimum absolute atomic E-state index is 0.556. The van der Waals surface area contributed by atoms with Gasteiger partial charge in [0.1, 0.15) is 12.2 Å². The molecule has 0 N–H and O–H groups in total. The summed E-state index contributed by atoms with van der Waals surface area (Å²) in [6, 6.07) is 8.12. The fraction of sp³-hybridized carbons (Fsp3) is 0.357. The Balaban J connectivity index is 1.91. The van der Waals surface area contributed by atoms with Crippen LogP contribution in [0.3, 0.4) is 0 Å². The molecule has 3 rings (SSSR count). The van der Waals surface area contributed by atoms with Crippen molar-refractivity contribution in [2.45, 2.75) is 26.9 Å². The quantitative estimate of drug-likeness (QED) is 0.719. The molecule has 98 valence electrons. The minimum atomic E-state index is 0.556. The first-order chi connectivity index (χ1) is 9.24. The molecule has 2 heterocycles. The van der Waals surface area contributed by atoms with Crippen LogP contribution in [-0.4, -0.2) is 24.3 Å². The molecule has 0 unspecified atom stereocenters. The molecule has 0 aliphatic carbocycles. The van der Waals surface area contributed by atoms with Crippen molar-refractivity contribution in [2.75, 3.05) is 0 Å². The maximum atomic E-state index is 4.40. The number of hydrogen-bond donors (Lipinski definition) is 0. The summed E-state index contributed by atoms with van der Waals surface area (Å²) in [7, 11) is 0. The highest BCUT2D eigenvalue weighted by molar-refractivity contribution is 5.74. The van der Waals surface area contributed by atoms with E-state index in [2.05, 4.69) is 39.5 Å². The third-order valence-corrected chi connectivity index (χ3v) is 3.07. The third-order valence-electron chi connectivity index (χ3n) is 3.07. The first kappa shape index (κ1) is 11.9. The Bertz CT molecular complexity index is 680. The average Bonchev–Trinajstić information content (AvgIpc) is 2.98. The van der Waals surface area contributed by atoms with E-state index in [1.165, 1.54) is 0 Å². The lowest BCUT2D eigenvalue weighted by molar-refractivity contribution is 0.461. The monoisotopic (exact) mass is 255 g/mol. The molecule has 0 saturated heterocycles. The first-order valence-corrected chi connectivity index (χ1v) is 6.50. The second kappa shape index (κ2) is 4.84. The largest absolute Gasteiger partial charge is 0.323 e. The lowest BCUT2D eigenvalue weighted by atomic mass is 10.2. The topological polar surface area (TPSA) is 48.5 Å². The van der Waals surface area contributed by atoms with Crippen molar-refractivity contribution in [1.29, 1.82) is 0 Å². The number of imidazole rings is 1. The SMILES string of the molecule is CC(C)Cn1ncnc1Cn1cnc2ccccc21. The molecule has 1 aromatic carbocycles. The summed E-state index contributed by atoms with van der Waals surface area (Å²) in [5, 5.41) is 4.29. The van der Waals surface area contributed by atoms with Crippen LogP contribution in [0, 0.1) is 5.92 Å². The van der Waals surface area contributed by atoms with Gasteiger partial charge in [0, 0.05) is 6.54 Å². The van der Waals surface area contributed by atoms with Crippen LogP contribution in [-0.2, 0) is 13.1 Å². The summed E-state index contributed by atoms with van der Waals surface area (Å²) in [6.45, 7) is 5.95. The number of aromatic nitrogens is 5. The van der Waals surface area contributed by atoms with Gasteiger partial charge in [0.05, 0.1) is 23.9 Å². The van der Waals surface area contributed by atoms with Crippen molar-refractivity contribution < 1.29 is 0 Å². The van der Waals surface area contributed by atoms with Crippen molar-refractivity contribution in [3.63, 3.8) is 0 Å². The lowest BCUT2D eigenvalue weighted by Gasteiger charge is -2.09. The van der Waals surface area contributed by atoms with Gasteiger partial charge in [-0.25, -0.2) is 14.6 Å². The molecular weight excluding hydrogens is 238 g/mol. The molecule has 5 heteroatoms. The van der Waals surface area contributed by atoms with Crippen molar-refractivity contribution in [2.24, 2.45) is 5.92 Å².